The first-order chi connectivity index (χ1) is 15.5. The predicted molar refractivity (Wildman–Crippen MR) is 138 cm³/mol. The van der Waals surface area contributed by atoms with E-state index in [0.29, 0.717) is 0 Å². The monoisotopic (exact) mass is 462 g/mol. The lowest BCUT2D eigenvalue weighted by Gasteiger charge is -2.17. The van der Waals surface area contributed by atoms with Crippen molar-refractivity contribution in [1.82, 2.24) is 0 Å². The minimum atomic E-state index is -3.73. The Kier molecular flexibility index (Phi) is 16.2. The van der Waals surface area contributed by atoms with Crippen molar-refractivity contribution in [2.75, 3.05) is 0 Å². The molecule has 0 aliphatic heterocycles. The van der Waals surface area contributed by atoms with Crippen LogP contribution in [0.25, 0.3) is 0 Å². The van der Waals surface area contributed by atoms with Crippen LogP contribution in [0.2, 0.25) is 0 Å². The second kappa shape index (κ2) is 18.1. The van der Waals surface area contributed by atoms with Gasteiger partial charge in [-0.2, -0.15) is 8.42 Å². The molecule has 0 fully saturated rings. The normalized spacial score (nSPS) is 13.3. The Morgan fingerprint density at radius 3 is 1.59 bits per heavy atom. The molecule has 0 saturated heterocycles. The topological polar surface area (TPSA) is 43.4 Å². The van der Waals surface area contributed by atoms with Crippen LogP contribution >= 0.6 is 0 Å². The average Bonchev–Trinajstić information content (AvgIpc) is 2.77. The van der Waals surface area contributed by atoms with Gasteiger partial charge in [0.2, 0.25) is 0 Å². The molecule has 0 aliphatic carbocycles. The Bertz CT molecular complexity index is 706. The zero-order chi connectivity index (χ0) is 23.5. The molecule has 0 N–H and O–H groups in total. The molecule has 0 bridgehead atoms. The van der Waals surface area contributed by atoms with Gasteiger partial charge in [-0.25, -0.2) is 0 Å². The van der Waals surface area contributed by atoms with E-state index < -0.39 is 10.1 Å². The standard InChI is InChI=1S/C28H46O3S/c1-4-6-8-10-12-14-16-18-20-27(21-19-17-15-13-11-9-7-5-2)31-32(29,30)28-24-22-26(3)23-25-28/h12-15,22-25,27H,4-11,16-21H2,1-3H3. The first-order valence-corrected chi connectivity index (χ1v) is 14.2. The maximum Gasteiger partial charge on any atom is 0.297 e. The molecule has 32 heavy (non-hydrogen) atoms. The lowest BCUT2D eigenvalue weighted by Crippen LogP contribution is -2.19. The zero-order valence-corrected chi connectivity index (χ0v) is 21.5. The third-order valence-corrected chi connectivity index (χ3v) is 7.02. The molecule has 0 aromatic heterocycles. The van der Waals surface area contributed by atoms with Gasteiger partial charge in [-0.3, -0.25) is 4.18 Å². The second-order valence-corrected chi connectivity index (χ2v) is 10.4. The molecule has 0 unspecified atom stereocenters. The van der Waals surface area contributed by atoms with Crippen LogP contribution in [0, 0.1) is 6.92 Å². The number of benzene rings is 1. The van der Waals surface area contributed by atoms with Gasteiger partial charge < -0.3 is 0 Å². The smallest absolute Gasteiger partial charge is 0.263 e. The van der Waals surface area contributed by atoms with Gasteiger partial charge in [-0.05, 0) is 83.3 Å². The molecule has 1 aromatic carbocycles. The van der Waals surface area contributed by atoms with E-state index in [4.69, 9.17) is 4.18 Å². The van der Waals surface area contributed by atoms with Crippen LogP contribution in [0.5, 0.6) is 0 Å². The minimum absolute atomic E-state index is 0.250. The maximum atomic E-state index is 12.8. The van der Waals surface area contributed by atoms with Crippen LogP contribution in [0.1, 0.15) is 109 Å². The van der Waals surface area contributed by atoms with E-state index in [2.05, 4.69) is 38.2 Å². The lowest BCUT2D eigenvalue weighted by molar-refractivity contribution is 0.183. The van der Waals surface area contributed by atoms with Crippen LogP contribution in [0.3, 0.4) is 0 Å². The SMILES string of the molecule is CCCCCC=CCCCC(CCCC=CCCCCC)OS(=O)(=O)c1ccc(C)cc1. The van der Waals surface area contributed by atoms with Gasteiger partial charge in [-0.1, -0.05) is 81.5 Å². The van der Waals surface area contributed by atoms with Gasteiger partial charge in [0.25, 0.3) is 10.1 Å². The number of hydrogen-bond donors (Lipinski definition) is 0. The summed E-state index contributed by atoms with van der Waals surface area (Å²) in [5.74, 6) is 0. The molecule has 0 aliphatic rings. The van der Waals surface area contributed by atoms with Crippen molar-refractivity contribution >= 4 is 10.1 Å². The molecular formula is C28H46O3S. The number of hydrogen-bond acceptors (Lipinski definition) is 3. The third-order valence-electron chi connectivity index (χ3n) is 5.65. The molecule has 0 spiro atoms. The summed E-state index contributed by atoms with van der Waals surface area (Å²) in [6, 6.07) is 6.91. The number of aryl methyl sites for hydroxylation is 1. The molecule has 0 amide bonds. The highest BCUT2D eigenvalue weighted by molar-refractivity contribution is 7.86. The molecular weight excluding hydrogens is 416 g/mol. The third kappa shape index (κ3) is 13.9. The molecule has 1 aromatic rings. The highest BCUT2D eigenvalue weighted by atomic mass is 32.2. The largest absolute Gasteiger partial charge is 0.297 e. The van der Waals surface area contributed by atoms with E-state index >= 15 is 0 Å². The Morgan fingerprint density at radius 2 is 1.16 bits per heavy atom. The Labute approximate surface area is 198 Å². The van der Waals surface area contributed by atoms with Gasteiger partial charge >= 0.3 is 0 Å². The van der Waals surface area contributed by atoms with Gasteiger partial charge in [0.1, 0.15) is 0 Å². The van der Waals surface area contributed by atoms with Crippen LogP contribution < -0.4 is 0 Å². The number of unbranched alkanes of at least 4 members (excludes halogenated alkanes) is 8. The van der Waals surface area contributed by atoms with E-state index in [9.17, 15) is 8.42 Å². The second-order valence-electron chi connectivity index (χ2n) is 8.78. The lowest BCUT2D eigenvalue weighted by atomic mass is 10.1. The fourth-order valence-corrected chi connectivity index (χ4v) is 4.73. The molecule has 4 heteroatoms. The maximum absolute atomic E-state index is 12.8. The first kappa shape index (κ1) is 28.6. The van der Waals surface area contributed by atoms with Crippen LogP contribution in [0.15, 0.2) is 53.5 Å². The van der Waals surface area contributed by atoms with Crippen molar-refractivity contribution in [2.45, 2.75) is 122 Å². The van der Waals surface area contributed by atoms with E-state index in [1.807, 2.05) is 19.1 Å². The minimum Gasteiger partial charge on any atom is -0.263 e. The Morgan fingerprint density at radius 1 is 0.719 bits per heavy atom. The molecule has 0 saturated carbocycles. The van der Waals surface area contributed by atoms with Crippen molar-refractivity contribution < 1.29 is 12.6 Å². The predicted octanol–water partition coefficient (Wildman–Crippen LogP) is 8.68. The summed E-state index contributed by atoms with van der Waals surface area (Å²) in [6.45, 7) is 6.39. The molecule has 0 heterocycles. The molecule has 3 nitrogen and oxygen atoms in total. The van der Waals surface area contributed by atoms with Crippen molar-refractivity contribution in [3.05, 3.63) is 54.1 Å². The summed E-state index contributed by atoms with van der Waals surface area (Å²) >= 11 is 0. The number of rotatable bonds is 19. The summed E-state index contributed by atoms with van der Waals surface area (Å²) in [5, 5.41) is 0. The Hall–Kier alpha value is -1.39. The molecule has 0 atom stereocenters. The summed E-state index contributed by atoms with van der Waals surface area (Å²) in [5.41, 5.74) is 1.04. The molecule has 1 rings (SSSR count). The van der Waals surface area contributed by atoms with Gasteiger partial charge in [0, 0.05) is 0 Å². The van der Waals surface area contributed by atoms with Crippen LogP contribution in [-0.2, 0) is 14.3 Å². The fourth-order valence-electron chi connectivity index (χ4n) is 3.60. The van der Waals surface area contributed by atoms with Gasteiger partial charge in [-0.15, -0.1) is 0 Å². The van der Waals surface area contributed by atoms with Crippen molar-refractivity contribution in [1.29, 1.82) is 0 Å². The van der Waals surface area contributed by atoms with E-state index in [-0.39, 0.29) is 11.0 Å². The van der Waals surface area contributed by atoms with Crippen molar-refractivity contribution in [3.8, 4) is 0 Å². The number of allylic oxidation sites excluding steroid dienone is 4. The van der Waals surface area contributed by atoms with E-state index in [1.54, 1.807) is 12.1 Å². The quantitative estimate of drug-likeness (QED) is 0.117. The van der Waals surface area contributed by atoms with Crippen molar-refractivity contribution in [3.63, 3.8) is 0 Å². The molecule has 182 valence electrons. The summed E-state index contributed by atoms with van der Waals surface area (Å²) < 4.78 is 31.3. The van der Waals surface area contributed by atoms with Gasteiger partial charge in [0.15, 0.2) is 0 Å². The Balaban J connectivity index is 2.54. The zero-order valence-electron chi connectivity index (χ0n) is 20.7. The first-order valence-electron chi connectivity index (χ1n) is 12.8. The average molecular weight is 463 g/mol. The molecule has 0 radical (unpaired) electrons. The summed E-state index contributed by atoms with van der Waals surface area (Å²) in [4.78, 5) is 0.250. The highest BCUT2D eigenvalue weighted by Gasteiger charge is 2.21. The summed E-state index contributed by atoms with van der Waals surface area (Å²) in [7, 11) is -3.73. The van der Waals surface area contributed by atoms with Crippen molar-refractivity contribution in [2.24, 2.45) is 0 Å². The fraction of sp³-hybridized carbons (Fsp3) is 0.643. The summed E-state index contributed by atoms with van der Waals surface area (Å²) in [6.07, 6.45) is 24.0. The van der Waals surface area contributed by atoms with E-state index in [0.717, 1.165) is 56.9 Å². The van der Waals surface area contributed by atoms with E-state index in [1.165, 1.54) is 38.5 Å². The van der Waals surface area contributed by atoms with Crippen LogP contribution in [-0.4, -0.2) is 14.5 Å². The van der Waals surface area contributed by atoms with Crippen LogP contribution in [0.4, 0.5) is 0 Å². The highest BCUT2D eigenvalue weighted by Crippen LogP contribution is 2.21. The van der Waals surface area contributed by atoms with Gasteiger partial charge in [0.05, 0.1) is 11.0 Å².